The summed E-state index contributed by atoms with van der Waals surface area (Å²) in [4.78, 5) is 2.48. The van der Waals surface area contributed by atoms with Crippen LogP contribution in [0, 0.1) is 0 Å². The molecule has 0 bridgehead atoms. The second-order valence-corrected chi connectivity index (χ2v) is 3.55. The highest BCUT2D eigenvalue weighted by Crippen LogP contribution is 2.09. The summed E-state index contributed by atoms with van der Waals surface area (Å²) < 4.78 is 10.6. The van der Waals surface area contributed by atoms with Crippen molar-refractivity contribution in [3.05, 3.63) is 0 Å². The van der Waals surface area contributed by atoms with E-state index in [4.69, 9.17) is 9.47 Å². The van der Waals surface area contributed by atoms with Crippen molar-refractivity contribution in [1.82, 2.24) is 4.90 Å². The van der Waals surface area contributed by atoms with Crippen molar-refractivity contribution in [2.45, 2.75) is 25.8 Å². The second-order valence-electron chi connectivity index (χ2n) is 3.55. The molecule has 78 valence electrons. The summed E-state index contributed by atoms with van der Waals surface area (Å²) >= 11 is 0. The van der Waals surface area contributed by atoms with Gasteiger partial charge < -0.3 is 9.47 Å². The highest BCUT2D eigenvalue weighted by molar-refractivity contribution is 4.73. The van der Waals surface area contributed by atoms with Crippen molar-refractivity contribution >= 4 is 0 Å². The van der Waals surface area contributed by atoms with Crippen molar-refractivity contribution in [2.75, 3.05) is 40.0 Å². The Morgan fingerprint density at radius 1 is 1.38 bits per heavy atom. The minimum Gasteiger partial charge on any atom is -0.383 e. The molecule has 0 N–H and O–H groups in total. The van der Waals surface area contributed by atoms with Crippen LogP contribution in [-0.4, -0.2) is 51.0 Å². The summed E-state index contributed by atoms with van der Waals surface area (Å²) in [5.41, 5.74) is 0. The number of methoxy groups -OCH3 is 1. The number of nitrogens with zero attached hydrogens (tertiary/aromatic N) is 1. The topological polar surface area (TPSA) is 21.7 Å². The Hall–Kier alpha value is -0.120. The molecule has 0 saturated carbocycles. The van der Waals surface area contributed by atoms with Crippen LogP contribution in [0.15, 0.2) is 0 Å². The van der Waals surface area contributed by atoms with Crippen LogP contribution >= 0.6 is 0 Å². The van der Waals surface area contributed by atoms with E-state index in [1.165, 1.54) is 12.8 Å². The fourth-order valence-corrected chi connectivity index (χ4v) is 1.84. The Balaban J connectivity index is 2.32. The molecule has 0 aromatic rings. The molecule has 3 nitrogen and oxygen atoms in total. The Bertz CT molecular complexity index is 118. The van der Waals surface area contributed by atoms with E-state index in [2.05, 4.69) is 11.8 Å². The van der Waals surface area contributed by atoms with E-state index in [-0.39, 0.29) is 0 Å². The van der Waals surface area contributed by atoms with Crippen LogP contribution in [0.3, 0.4) is 0 Å². The summed E-state index contributed by atoms with van der Waals surface area (Å²) in [6, 6.07) is 0.596. The molecule has 3 heteroatoms. The third-order valence-corrected chi connectivity index (χ3v) is 2.54. The zero-order chi connectivity index (χ0) is 9.52. The standard InChI is InChI=1S/C10H21NO2/c1-3-4-10(9-12-2)11-5-7-13-8-6-11/h10H,3-9H2,1-2H3. The summed E-state index contributed by atoms with van der Waals surface area (Å²) in [7, 11) is 1.78. The minimum absolute atomic E-state index is 0.596. The first-order chi connectivity index (χ1) is 6.38. The highest BCUT2D eigenvalue weighted by Gasteiger charge is 2.19. The van der Waals surface area contributed by atoms with E-state index in [0.717, 1.165) is 32.9 Å². The van der Waals surface area contributed by atoms with E-state index >= 15 is 0 Å². The smallest absolute Gasteiger partial charge is 0.0618 e. The third kappa shape index (κ3) is 3.63. The van der Waals surface area contributed by atoms with Gasteiger partial charge in [-0.2, -0.15) is 0 Å². The molecule has 0 amide bonds. The molecule has 0 aromatic carbocycles. The van der Waals surface area contributed by atoms with Gasteiger partial charge in [0.15, 0.2) is 0 Å². The van der Waals surface area contributed by atoms with Gasteiger partial charge in [0.05, 0.1) is 19.8 Å². The van der Waals surface area contributed by atoms with E-state index in [9.17, 15) is 0 Å². The van der Waals surface area contributed by atoms with E-state index < -0.39 is 0 Å². The fraction of sp³-hybridized carbons (Fsp3) is 1.00. The summed E-state index contributed by atoms with van der Waals surface area (Å²) in [6.07, 6.45) is 2.46. The number of hydrogen-bond donors (Lipinski definition) is 0. The van der Waals surface area contributed by atoms with Gasteiger partial charge in [0.2, 0.25) is 0 Å². The lowest BCUT2D eigenvalue weighted by Gasteiger charge is -2.33. The van der Waals surface area contributed by atoms with Crippen LogP contribution in [0.2, 0.25) is 0 Å². The predicted octanol–water partition coefficient (Wildman–Crippen LogP) is 1.13. The van der Waals surface area contributed by atoms with Gasteiger partial charge in [0.1, 0.15) is 0 Å². The van der Waals surface area contributed by atoms with Crippen molar-refractivity contribution in [1.29, 1.82) is 0 Å². The molecule has 1 aliphatic rings. The van der Waals surface area contributed by atoms with Crippen molar-refractivity contribution in [3.8, 4) is 0 Å². The lowest BCUT2D eigenvalue weighted by atomic mass is 10.1. The average Bonchev–Trinajstić information content (AvgIpc) is 2.19. The summed E-state index contributed by atoms with van der Waals surface area (Å²) in [5, 5.41) is 0. The zero-order valence-corrected chi connectivity index (χ0v) is 8.79. The lowest BCUT2D eigenvalue weighted by molar-refractivity contribution is -0.00541. The molecule has 0 spiro atoms. The van der Waals surface area contributed by atoms with Gasteiger partial charge in [-0.15, -0.1) is 0 Å². The lowest BCUT2D eigenvalue weighted by Crippen LogP contribution is -2.45. The predicted molar refractivity (Wildman–Crippen MR) is 53.0 cm³/mol. The van der Waals surface area contributed by atoms with Crippen LogP contribution in [0.1, 0.15) is 19.8 Å². The van der Waals surface area contributed by atoms with Crippen molar-refractivity contribution in [2.24, 2.45) is 0 Å². The van der Waals surface area contributed by atoms with Gasteiger partial charge in [0, 0.05) is 26.2 Å². The minimum atomic E-state index is 0.596. The van der Waals surface area contributed by atoms with Crippen LogP contribution in [0.5, 0.6) is 0 Å². The van der Waals surface area contributed by atoms with Crippen molar-refractivity contribution < 1.29 is 9.47 Å². The normalized spacial score (nSPS) is 21.7. The molecule has 1 rings (SSSR count). The van der Waals surface area contributed by atoms with Gasteiger partial charge in [-0.05, 0) is 6.42 Å². The Morgan fingerprint density at radius 3 is 2.62 bits per heavy atom. The maximum Gasteiger partial charge on any atom is 0.0618 e. The van der Waals surface area contributed by atoms with Gasteiger partial charge >= 0.3 is 0 Å². The fourth-order valence-electron chi connectivity index (χ4n) is 1.84. The van der Waals surface area contributed by atoms with Gasteiger partial charge in [-0.3, -0.25) is 4.90 Å². The molecule has 0 aromatic heterocycles. The molecule has 1 unspecified atom stereocenters. The zero-order valence-electron chi connectivity index (χ0n) is 8.79. The molecule has 0 aliphatic carbocycles. The number of ether oxygens (including phenoxy) is 2. The van der Waals surface area contributed by atoms with Gasteiger partial charge in [-0.1, -0.05) is 13.3 Å². The van der Waals surface area contributed by atoms with Crippen LogP contribution in [0.25, 0.3) is 0 Å². The first-order valence-corrected chi connectivity index (χ1v) is 5.19. The molecule has 1 fully saturated rings. The SMILES string of the molecule is CCCC(COC)N1CCOCC1. The molecule has 1 saturated heterocycles. The Labute approximate surface area is 81.0 Å². The van der Waals surface area contributed by atoms with Crippen LogP contribution < -0.4 is 0 Å². The quantitative estimate of drug-likeness (QED) is 0.644. The first-order valence-electron chi connectivity index (χ1n) is 5.19. The summed E-state index contributed by atoms with van der Waals surface area (Å²) in [6.45, 7) is 6.97. The number of morpholine rings is 1. The average molecular weight is 187 g/mol. The number of rotatable bonds is 5. The summed E-state index contributed by atoms with van der Waals surface area (Å²) in [5.74, 6) is 0. The largest absolute Gasteiger partial charge is 0.383 e. The Kier molecular flexibility index (Phi) is 5.35. The molecular formula is C10H21NO2. The van der Waals surface area contributed by atoms with Gasteiger partial charge in [0.25, 0.3) is 0 Å². The molecular weight excluding hydrogens is 166 g/mol. The number of hydrogen-bond acceptors (Lipinski definition) is 3. The molecule has 1 aliphatic heterocycles. The second kappa shape index (κ2) is 6.35. The maximum atomic E-state index is 5.32. The third-order valence-electron chi connectivity index (χ3n) is 2.54. The monoisotopic (exact) mass is 187 g/mol. The van der Waals surface area contributed by atoms with E-state index in [1.807, 2.05) is 0 Å². The van der Waals surface area contributed by atoms with Crippen molar-refractivity contribution in [3.63, 3.8) is 0 Å². The van der Waals surface area contributed by atoms with Crippen LogP contribution in [-0.2, 0) is 9.47 Å². The molecule has 0 radical (unpaired) electrons. The van der Waals surface area contributed by atoms with Crippen LogP contribution in [0.4, 0.5) is 0 Å². The molecule has 13 heavy (non-hydrogen) atoms. The maximum absolute atomic E-state index is 5.32. The molecule has 1 heterocycles. The highest BCUT2D eigenvalue weighted by atomic mass is 16.5. The Morgan fingerprint density at radius 2 is 2.08 bits per heavy atom. The van der Waals surface area contributed by atoms with Gasteiger partial charge in [-0.25, -0.2) is 0 Å². The molecule has 1 atom stereocenters. The first kappa shape index (κ1) is 11.0. The van der Waals surface area contributed by atoms with E-state index in [1.54, 1.807) is 7.11 Å². The van der Waals surface area contributed by atoms with E-state index in [0.29, 0.717) is 6.04 Å².